The molecule has 0 atom stereocenters. The van der Waals surface area contributed by atoms with Crippen LogP contribution in [0.2, 0.25) is 0 Å². The van der Waals surface area contributed by atoms with E-state index in [1.807, 2.05) is 17.8 Å². The first-order valence-corrected chi connectivity index (χ1v) is 8.05. The van der Waals surface area contributed by atoms with Crippen LogP contribution in [-0.2, 0) is 11.5 Å². The highest BCUT2D eigenvalue weighted by Crippen LogP contribution is 2.34. The number of halogens is 1. The summed E-state index contributed by atoms with van der Waals surface area (Å²) in [6.45, 7) is 2.95. The van der Waals surface area contributed by atoms with E-state index in [0.717, 1.165) is 45.4 Å². The Morgan fingerprint density at radius 3 is 3.00 bits per heavy atom. The number of rotatable bonds is 3. The maximum Gasteiger partial charge on any atom is 0.163 e. The standard InChI is InChI=1S/C13H13BrN4S/c1-2-16-13-10-6-19-7-11(10)17-12(18-13)8-3-9(14)5-15-4-8/h3-5H,2,6-7H2,1H3,(H,16,17,18). The largest absolute Gasteiger partial charge is 0.370 e. The first-order chi connectivity index (χ1) is 9.28. The van der Waals surface area contributed by atoms with Gasteiger partial charge in [-0.2, -0.15) is 11.8 Å². The Kier molecular flexibility index (Phi) is 3.70. The van der Waals surface area contributed by atoms with Crippen molar-refractivity contribution in [3.63, 3.8) is 0 Å². The third-order valence-electron chi connectivity index (χ3n) is 2.89. The number of anilines is 1. The van der Waals surface area contributed by atoms with Gasteiger partial charge in [0, 0.05) is 46.0 Å². The van der Waals surface area contributed by atoms with Gasteiger partial charge in [-0.05, 0) is 28.9 Å². The van der Waals surface area contributed by atoms with Crippen molar-refractivity contribution in [1.82, 2.24) is 15.0 Å². The number of aromatic nitrogens is 3. The van der Waals surface area contributed by atoms with Crippen LogP contribution in [0, 0.1) is 0 Å². The minimum atomic E-state index is 0.742. The lowest BCUT2D eigenvalue weighted by atomic mass is 10.2. The molecule has 6 heteroatoms. The summed E-state index contributed by atoms with van der Waals surface area (Å²) in [5.41, 5.74) is 3.33. The van der Waals surface area contributed by atoms with Gasteiger partial charge in [-0.3, -0.25) is 4.98 Å². The van der Waals surface area contributed by atoms with Gasteiger partial charge in [-0.25, -0.2) is 9.97 Å². The third-order valence-corrected chi connectivity index (χ3v) is 4.29. The molecule has 0 bridgehead atoms. The number of pyridine rings is 1. The molecule has 0 aromatic carbocycles. The zero-order valence-electron chi connectivity index (χ0n) is 10.5. The summed E-state index contributed by atoms with van der Waals surface area (Å²) in [6.07, 6.45) is 3.56. The molecular weight excluding hydrogens is 324 g/mol. The lowest BCUT2D eigenvalue weighted by Gasteiger charge is -2.10. The molecule has 3 heterocycles. The van der Waals surface area contributed by atoms with Gasteiger partial charge in [0.25, 0.3) is 0 Å². The van der Waals surface area contributed by atoms with E-state index >= 15 is 0 Å². The number of fused-ring (bicyclic) bond motifs is 1. The second-order valence-electron chi connectivity index (χ2n) is 4.24. The molecule has 0 fully saturated rings. The summed E-state index contributed by atoms with van der Waals surface area (Å²) in [6, 6.07) is 1.99. The van der Waals surface area contributed by atoms with E-state index in [-0.39, 0.29) is 0 Å². The average Bonchev–Trinajstić information content (AvgIpc) is 2.87. The van der Waals surface area contributed by atoms with Crippen LogP contribution >= 0.6 is 27.7 Å². The molecule has 4 nitrogen and oxygen atoms in total. The highest BCUT2D eigenvalue weighted by atomic mass is 79.9. The molecule has 1 aliphatic heterocycles. The topological polar surface area (TPSA) is 50.7 Å². The van der Waals surface area contributed by atoms with Crippen molar-refractivity contribution in [2.45, 2.75) is 18.4 Å². The number of hydrogen-bond acceptors (Lipinski definition) is 5. The highest BCUT2D eigenvalue weighted by molar-refractivity contribution is 9.10. The summed E-state index contributed by atoms with van der Waals surface area (Å²) >= 11 is 5.32. The SMILES string of the molecule is CCNc1nc(-c2cncc(Br)c2)nc2c1CSC2. The Bertz CT molecular complexity index is 618. The molecule has 0 saturated carbocycles. The first-order valence-electron chi connectivity index (χ1n) is 6.10. The van der Waals surface area contributed by atoms with Gasteiger partial charge in [0.2, 0.25) is 0 Å². The molecular formula is C13H13BrN4S. The summed E-state index contributed by atoms with van der Waals surface area (Å²) in [5.74, 6) is 3.66. The second-order valence-corrected chi connectivity index (χ2v) is 6.14. The molecule has 2 aromatic heterocycles. The molecule has 0 amide bonds. The van der Waals surface area contributed by atoms with E-state index in [1.54, 1.807) is 12.4 Å². The van der Waals surface area contributed by atoms with Gasteiger partial charge in [0.1, 0.15) is 5.82 Å². The smallest absolute Gasteiger partial charge is 0.163 e. The Morgan fingerprint density at radius 1 is 1.32 bits per heavy atom. The van der Waals surface area contributed by atoms with Crippen LogP contribution in [0.15, 0.2) is 22.9 Å². The Hall–Kier alpha value is -1.14. The molecule has 0 unspecified atom stereocenters. The van der Waals surface area contributed by atoms with Gasteiger partial charge in [0.15, 0.2) is 5.82 Å². The summed E-state index contributed by atoms with van der Waals surface area (Å²) in [7, 11) is 0. The maximum absolute atomic E-state index is 4.67. The van der Waals surface area contributed by atoms with Crippen molar-refractivity contribution >= 4 is 33.5 Å². The van der Waals surface area contributed by atoms with Gasteiger partial charge in [-0.15, -0.1) is 0 Å². The Balaban J connectivity index is 2.10. The van der Waals surface area contributed by atoms with Crippen LogP contribution in [0.25, 0.3) is 11.4 Å². The number of nitrogens with zero attached hydrogens (tertiary/aromatic N) is 3. The summed E-state index contributed by atoms with van der Waals surface area (Å²) < 4.78 is 0.938. The second kappa shape index (κ2) is 5.46. The molecule has 1 aliphatic rings. The van der Waals surface area contributed by atoms with Gasteiger partial charge >= 0.3 is 0 Å². The van der Waals surface area contributed by atoms with Crippen LogP contribution in [0.1, 0.15) is 18.2 Å². The fourth-order valence-electron chi connectivity index (χ4n) is 2.03. The van der Waals surface area contributed by atoms with E-state index < -0.39 is 0 Å². The van der Waals surface area contributed by atoms with E-state index in [2.05, 4.69) is 43.1 Å². The molecule has 0 spiro atoms. The quantitative estimate of drug-likeness (QED) is 0.929. The summed E-state index contributed by atoms with van der Waals surface area (Å²) in [4.78, 5) is 13.5. The zero-order valence-corrected chi connectivity index (χ0v) is 12.9. The summed E-state index contributed by atoms with van der Waals surface area (Å²) in [5, 5.41) is 3.34. The van der Waals surface area contributed by atoms with Crippen molar-refractivity contribution in [3.05, 3.63) is 34.2 Å². The monoisotopic (exact) mass is 336 g/mol. The van der Waals surface area contributed by atoms with Gasteiger partial charge in [-0.1, -0.05) is 0 Å². The Morgan fingerprint density at radius 2 is 2.21 bits per heavy atom. The predicted octanol–water partition coefficient (Wildman–Crippen LogP) is 3.48. The first kappa shape index (κ1) is 12.9. The minimum absolute atomic E-state index is 0.742. The molecule has 1 N–H and O–H groups in total. The lowest BCUT2D eigenvalue weighted by Crippen LogP contribution is -2.06. The minimum Gasteiger partial charge on any atom is -0.370 e. The fourth-order valence-corrected chi connectivity index (χ4v) is 3.43. The normalized spacial score (nSPS) is 13.4. The number of thioether (sulfide) groups is 1. The molecule has 0 aliphatic carbocycles. The highest BCUT2D eigenvalue weighted by Gasteiger charge is 2.20. The zero-order chi connectivity index (χ0) is 13.2. The molecule has 0 saturated heterocycles. The van der Waals surface area contributed by atoms with Crippen LogP contribution < -0.4 is 5.32 Å². The van der Waals surface area contributed by atoms with Gasteiger partial charge in [0.05, 0.1) is 5.69 Å². The molecule has 0 radical (unpaired) electrons. The predicted molar refractivity (Wildman–Crippen MR) is 82.1 cm³/mol. The maximum atomic E-state index is 4.67. The van der Waals surface area contributed by atoms with E-state index in [1.165, 1.54) is 5.56 Å². The van der Waals surface area contributed by atoms with Crippen LogP contribution in [-0.4, -0.2) is 21.5 Å². The van der Waals surface area contributed by atoms with Crippen molar-refractivity contribution < 1.29 is 0 Å². The van der Waals surface area contributed by atoms with Crippen molar-refractivity contribution in [2.24, 2.45) is 0 Å². The molecule has 2 aromatic rings. The van der Waals surface area contributed by atoms with E-state index in [4.69, 9.17) is 0 Å². The van der Waals surface area contributed by atoms with E-state index in [9.17, 15) is 0 Å². The fraction of sp³-hybridized carbons (Fsp3) is 0.308. The van der Waals surface area contributed by atoms with Crippen LogP contribution in [0.5, 0.6) is 0 Å². The molecule has 98 valence electrons. The van der Waals surface area contributed by atoms with Gasteiger partial charge < -0.3 is 5.32 Å². The average molecular weight is 337 g/mol. The van der Waals surface area contributed by atoms with E-state index in [0.29, 0.717) is 0 Å². The van der Waals surface area contributed by atoms with Crippen molar-refractivity contribution in [1.29, 1.82) is 0 Å². The van der Waals surface area contributed by atoms with Crippen molar-refractivity contribution in [3.8, 4) is 11.4 Å². The third kappa shape index (κ3) is 2.60. The molecule has 19 heavy (non-hydrogen) atoms. The Labute approximate surface area is 124 Å². The van der Waals surface area contributed by atoms with Crippen molar-refractivity contribution in [2.75, 3.05) is 11.9 Å². The number of nitrogens with one attached hydrogen (secondary N) is 1. The van der Waals surface area contributed by atoms with Crippen LogP contribution in [0.3, 0.4) is 0 Å². The number of hydrogen-bond donors (Lipinski definition) is 1. The lowest BCUT2D eigenvalue weighted by molar-refractivity contribution is 1.05. The van der Waals surface area contributed by atoms with Crippen LogP contribution in [0.4, 0.5) is 5.82 Å². The molecule has 3 rings (SSSR count).